The fourth-order valence-electron chi connectivity index (χ4n) is 1.79. The summed E-state index contributed by atoms with van der Waals surface area (Å²) in [5, 5.41) is 0. The number of hydrogen-bond acceptors (Lipinski definition) is 2. The van der Waals surface area contributed by atoms with Crippen molar-refractivity contribution in [1.29, 1.82) is 0 Å². The molecule has 0 radical (unpaired) electrons. The van der Waals surface area contributed by atoms with Gasteiger partial charge in [0.1, 0.15) is 12.4 Å². The molecule has 0 saturated heterocycles. The Morgan fingerprint density at radius 2 is 1.76 bits per heavy atom. The van der Waals surface area contributed by atoms with Crippen LogP contribution in [0.1, 0.15) is 28.4 Å². The largest absolute Gasteiger partial charge is 0.489 e. The molecular weight excluding hydrogens is 281 g/mol. The van der Waals surface area contributed by atoms with Crippen molar-refractivity contribution in [3.05, 3.63) is 65.2 Å². The minimum absolute atomic E-state index is 0.0311. The summed E-state index contributed by atoms with van der Waals surface area (Å²) in [5.74, 6) is 0.442. The third-order valence-electron chi connectivity index (χ3n) is 2.92. The Morgan fingerprint density at radius 1 is 1.10 bits per heavy atom. The Labute approximate surface area is 120 Å². The number of carbonyl (C=O) groups excluding carboxylic acids is 1. The van der Waals surface area contributed by atoms with Gasteiger partial charge in [0.15, 0.2) is 5.78 Å². The molecule has 0 aliphatic carbocycles. The van der Waals surface area contributed by atoms with E-state index in [1.807, 2.05) is 0 Å². The predicted octanol–water partition coefficient (Wildman–Crippen LogP) is 4.49. The number of Topliss-reactive ketones (excluding diaryl/α,β-unsaturated/α-hetero) is 1. The van der Waals surface area contributed by atoms with E-state index in [1.165, 1.54) is 13.0 Å². The molecular formula is C16H13F3O2. The Kier molecular flexibility index (Phi) is 4.31. The number of halogens is 3. The van der Waals surface area contributed by atoms with Crippen LogP contribution in [0, 0.1) is 0 Å². The van der Waals surface area contributed by atoms with Crippen LogP contribution in [0.25, 0.3) is 0 Å². The van der Waals surface area contributed by atoms with E-state index in [1.54, 1.807) is 30.3 Å². The lowest BCUT2D eigenvalue weighted by Gasteiger charge is -2.10. The minimum atomic E-state index is -4.36. The molecule has 0 unspecified atom stereocenters. The molecule has 0 bridgehead atoms. The van der Waals surface area contributed by atoms with Gasteiger partial charge in [-0.1, -0.05) is 12.1 Å². The molecule has 0 N–H and O–H groups in total. The maximum Gasteiger partial charge on any atom is 0.416 e. The Morgan fingerprint density at radius 3 is 2.33 bits per heavy atom. The van der Waals surface area contributed by atoms with Gasteiger partial charge in [-0.3, -0.25) is 4.79 Å². The van der Waals surface area contributed by atoms with Crippen LogP contribution in [0.15, 0.2) is 48.5 Å². The molecule has 0 aliphatic rings. The lowest BCUT2D eigenvalue weighted by Crippen LogP contribution is -2.06. The second-order valence-corrected chi connectivity index (χ2v) is 4.57. The van der Waals surface area contributed by atoms with Gasteiger partial charge >= 0.3 is 6.18 Å². The number of carbonyl (C=O) groups is 1. The summed E-state index contributed by atoms with van der Waals surface area (Å²) in [6.45, 7) is 1.49. The quantitative estimate of drug-likeness (QED) is 0.777. The summed E-state index contributed by atoms with van der Waals surface area (Å²) in [7, 11) is 0. The lowest BCUT2D eigenvalue weighted by molar-refractivity contribution is -0.137. The molecule has 0 aromatic heterocycles. The van der Waals surface area contributed by atoms with E-state index >= 15 is 0 Å². The number of alkyl halides is 3. The van der Waals surface area contributed by atoms with Crippen LogP contribution in [0.5, 0.6) is 5.75 Å². The van der Waals surface area contributed by atoms with E-state index in [-0.39, 0.29) is 12.4 Å². The van der Waals surface area contributed by atoms with Crippen molar-refractivity contribution in [2.24, 2.45) is 0 Å². The van der Waals surface area contributed by atoms with Crippen molar-refractivity contribution in [2.75, 3.05) is 0 Å². The van der Waals surface area contributed by atoms with Gasteiger partial charge in [-0.15, -0.1) is 0 Å². The molecule has 0 fully saturated rings. The Hall–Kier alpha value is -2.30. The molecule has 21 heavy (non-hydrogen) atoms. The van der Waals surface area contributed by atoms with Crippen molar-refractivity contribution < 1.29 is 22.7 Å². The van der Waals surface area contributed by atoms with Crippen molar-refractivity contribution >= 4 is 5.78 Å². The van der Waals surface area contributed by atoms with Gasteiger partial charge in [0, 0.05) is 5.56 Å². The highest BCUT2D eigenvalue weighted by molar-refractivity contribution is 5.94. The zero-order chi connectivity index (χ0) is 15.5. The van der Waals surface area contributed by atoms with Gasteiger partial charge in [-0.25, -0.2) is 0 Å². The first-order chi connectivity index (χ1) is 9.86. The fourth-order valence-corrected chi connectivity index (χ4v) is 1.79. The van der Waals surface area contributed by atoms with E-state index in [0.29, 0.717) is 16.9 Å². The summed E-state index contributed by atoms with van der Waals surface area (Å²) in [6.07, 6.45) is -4.36. The van der Waals surface area contributed by atoms with Crippen LogP contribution in [-0.4, -0.2) is 5.78 Å². The van der Waals surface area contributed by atoms with E-state index in [9.17, 15) is 18.0 Å². The average molecular weight is 294 g/mol. The molecule has 0 aliphatic heterocycles. The van der Waals surface area contributed by atoms with Gasteiger partial charge in [-0.2, -0.15) is 13.2 Å². The molecule has 110 valence electrons. The average Bonchev–Trinajstić information content (AvgIpc) is 2.45. The molecule has 2 aromatic rings. The molecule has 0 heterocycles. The van der Waals surface area contributed by atoms with E-state index < -0.39 is 11.7 Å². The third kappa shape index (κ3) is 4.08. The number of benzene rings is 2. The highest BCUT2D eigenvalue weighted by Crippen LogP contribution is 2.29. The summed E-state index contributed by atoms with van der Waals surface area (Å²) in [4.78, 5) is 11.1. The maximum atomic E-state index is 12.6. The van der Waals surface area contributed by atoms with Crippen LogP contribution in [0.3, 0.4) is 0 Å². The third-order valence-corrected chi connectivity index (χ3v) is 2.92. The lowest BCUT2D eigenvalue weighted by atomic mass is 10.1. The van der Waals surface area contributed by atoms with Crippen LogP contribution in [-0.2, 0) is 12.8 Å². The van der Waals surface area contributed by atoms with Gasteiger partial charge < -0.3 is 4.74 Å². The van der Waals surface area contributed by atoms with Gasteiger partial charge in [-0.05, 0) is 48.9 Å². The molecule has 0 atom stereocenters. The number of rotatable bonds is 4. The van der Waals surface area contributed by atoms with Gasteiger partial charge in [0.05, 0.1) is 5.56 Å². The first-order valence-electron chi connectivity index (χ1n) is 6.26. The second kappa shape index (κ2) is 5.99. The molecule has 0 spiro atoms. The number of ether oxygens (including phenoxy) is 1. The zero-order valence-corrected chi connectivity index (χ0v) is 11.3. The standard InChI is InChI=1S/C16H13F3O2/c1-11(20)13-5-7-15(8-6-13)21-10-12-3-2-4-14(9-12)16(17,18)19/h2-9H,10H2,1H3. The smallest absolute Gasteiger partial charge is 0.416 e. The topological polar surface area (TPSA) is 26.3 Å². The second-order valence-electron chi connectivity index (χ2n) is 4.57. The number of hydrogen-bond donors (Lipinski definition) is 0. The monoisotopic (exact) mass is 294 g/mol. The maximum absolute atomic E-state index is 12.6. The summed E-state index contributed by atoms with van der Waals surface area (Å²) in [5.41, 5.74) is 0.289. The summed E-state index contributed by atoms with van der Waals surface area (Å²) in [6, 6.07) is 11.5. The van der Waals surface area contributed by atoms with E-state index in [0.717, 1.165) is 12.1 Å². The fraction of sp³-hybridized carbons (Fsp3) is 0.188. The molecule has 2 aromatic carbocycles. The van der Waals surface area contributed by atoms with Crippen molar-refractivity contribution in [1.82, 2.24) is 0 Å². The van der Waals surface area contributed by atoms with Crippen LogP contribution < -0.4 is 4.74 Å². The molecule has 0 amide bonds. The van der Waals surface area contributed by atoms with E-state index in [2.05, 4.69) is 0 Å². The first-order valence-corrected chi connectivity index (χ1v) is 6.26. The minimum Gasteiger partial charge on any atom is -0.489 e. The van der Waals surface area contributed by atoms with E-state index in [4.69, 9.17) is 4.74 Å². The van der Waals surface area contributed by atoms with Crippen molar-refractivity contribution in [3.8, 4) is 5.75 Å². The van der Waals surface area contributed by atoms with Crippen molar-refractivity contribution in [2.45, 2.75) is 19.7 Å². The molecule has 0 saturated carbocycles. The summed E-state index contributed by atoms with van der Waals surface area (Å²) >= 11 is 0. The zero-order valence-electron chi connectivity index (χ0n) is 11.3. The van der Waals surface area contributed by atoms with Crippen LogP contribution in [0.4, 0.5) is 13.2 Å². The SMILES string of the molecule is CC(=O)c1ccc(OCc2cccc(C(F)(F)F)c2)cc1. The predicted molar refractivity (Wildman–Crippen MR) is 72.2 cm³/mol. The normalized spacial score (nSPS) is 11.2. The summed E-state index contributed by atoms with van der Waals surface area (Å²) < 4.78 is 43.2. The van der Waals surface area contributed by atoms with Gasteiger partial charge in [0.25, 0.3) is 0 Å². The molecule has 5 heteroatoms. The Bertz CT molecular complexity index is 631. The first kappa shape index (κ1) is 15.1. The molecule has 2 nitrogen and oxygen atoms in total. The van der Waals surface area contributed by atoms with Crippen LogP contribution in [0.2, 0.25) is 0 Å². The highest BCUT2D eigenvalue weighted by atomic mass is 19.4. The highest BCUT2D eigenvalue weighted by Gasteiger charge is 2.30. The number of ketones is 1. The molecule has 2 rings (SSSR count). The van der Waals surface area contributed by atoms with Crippen LogP contribution >= 0.6 is 0 Å². The Balaban J connectivity index is 2.04. The van der Waals surface area contributed by atoms with Gasteiger partial charge in [0.2, 0.25) is 0 Å². The van der Waals surface area contributed by atoms with Crippen molar-refractivity contribution in [3.63, 3.8) is 0 Å².